The van der Waals surface area contributed by atoms with Crippen LogP contribution in [0.5, 0.6) is 5.75 Å². The number of phenols is 1. The SMILES string of the molecule is C[C@@H]1CCN(C)c2ccc(-c3cccc(C(F)(F)F)c3)nc2N1C(=O)Nc1ccc(CNC(=O)CCCCCNC(=O)c2ccc(-c3c4ccc(=O)cc-4oc4cc(O)ccc34)c(C(=O)O)c2)cc1. The van der Waals surface area contributed by atoms with Crippen LogP contribution >= 0.6 is 0 Å². The van der Waals surface area contributed by atoms with Crippen LogP contribution in [-0.4, -0.2) is 65.2 Å². The highest BCUT2D eigenvalue weighted by Crippen LogP contribution is 2.42. The van der Waals surface area contributed by atoms with E-state index < -0.39 is 29.6 Å². The minimum Gasteiger partial charge on any atom is -0.508 e. The second-order valence-corrected chi connectivity index (χ2v) is 16.9. The van der Waals surface area contributed by atoms with Gasteiger partial charge in [0.25, 0.3) is 5.91 Å². The van der Waals surface area contributed by atoms with Gasteiger partial charge < -0.3 is 35.5 Å². The van der Waals surface area contributed by atoms with Gasteiger partial charge in [-0.25, -0.2) is 14.6 Å². The molecule has 14 nitrogen and oxygen atoms in total. The molecule has 69 heavy (non-hydrogen) atoms. The second-order valence-electron chi connectivity index (χ2n) is 16.9. The zero-order valence-corrected chi connectivity index (χ0v) is 37.5. The summed E-state index contributed by atoms with van der Waals surface area (Å²) in [6, 6.07) is 27.5. The highest BCUT2D eigenvalue weighted by Gasteiger charge is 2.33. The van der Waals surface area contributed by atoms with E-state index in [-0.39, 0.29) is 64.1 Å². The number of rotatable bonds is 13. The van der Waals surface area contributed by atoms with Crippen molar-refractivity contribution >= 4 is 52.0 Å². The average molecular weight is 941 g/mol. The number of fused-ring (bicyclic) bond motifs is 3. The van der Waals surface area contributed by atoms with Crippen molar-refractivity contribution in [1.29, 1.82) is 0 Å². The van der Waals surface area contributed by atoms with E-state index in [4.69, 9.17) is 9.40 Å². The molecule has 0 radical (unpaired) electrons. The molecule has 1 aromatic heterocycles. The van der Waals surface area contributed by atoms with Gasteiger partial charge >= 0.3 is 18.2 Å². The van der Waals surface area contributed by atoms with Crippen LogP contribution in [0.2, 0.25) is 0 Å². The van der Waals surface area contributed by atoms with Gasteiger partial charge in [0.1, 0.15) is 17.1 Å². The van der Waals surface area contributed by atoms with Crippen molar-refractivity contribution in [2.45, 2.75) is 57.8 Å². The number of carbonyl (C=O) groups excluding carboxylic acids is 3. The first-order chi connectivity index (χ1) is 33.0. The molecular weight excluding hydrogens is 894 g/mol. The van der Waals surface area contributed by atoms with Crippen molar-refractivity contribution in [2.75, 3.05) is 35.3 Å². The summed E-state index contributed by atoms with van der Waals surface area (Å²) in [5, 5.41) is 29.5. The molecule has 4 amide bonds. The largest absolute Gasteiger partial charge is 0.508 e. The zero-order valence-electron chi connectivity index (χ0n) is 37.5. The summed E-state index contributed by atoms with van der Waals surface area (Å²) >= 11 is 0. The maximum atomic E-state index is 13.9. The van der Waals surface area contributed by atoms with Crippen molar-refractivity contribution in [3.63, 3.8) is 0 Å². The number of pyridine rings is 1. The van der Waals surface area contributed by atoms with E-state index in [0.29, 0.717) is 83.7 Å². The smallest absolute Gasteiger partial charge is 0.416 e. The molecule has 4 aromatic carbocycles. The van der Waals surface area contributed by atoms with Crippen LogP contribution < -0.4 is 31.2 Å². The molecule has 17 heteroatoms. The second kappa shape index (κ2) is 19.9. The Balaban J connectivity index is 0.812. The van der Waals surface area contributed by atoms with E-state index in [9.17, 15) is 47.4 Å². The topological polar surface area (TPSA) is 194 Å². The minimum absolute atomic E-state index is 0.0742. The van der Waals surface area contributed by atoms with E-state index >= 15 is 0 Å². The summed E-state index contributed by atoms with van der Waals surface area (Å²) in [4.78, 5) is 72.6. The number of phenolic OH excluding ortho intramolecular Hbond substituents is 1. The number of aromatic carboxylic acids is 1. The lowest BCUT2D eigenvalue weighted by atomic mass is 9.90. The fourth-order valence-corrected chi connectivity index (χ4v) is 8.37. The third-order valence-corrected chi connectivity index (χ3v) is 12.0. The van der Waals surface area contributed by atoms with Crippen LogP contribution in [-0.2, 0) is 17.5 Å². The summed E-state index contributed by atoms with van der Waals surface area (Å²) < 4.78 is 46.4. The number of hydrogen-bond donors (Lipinski definition) is 5. The van der Waals surface area contributed by atoms with Crippen LogP contribution in [0.3, 0.4) is 0 Å². The monoisotopic (exact) mass is 940 g/mol. The molecule has 0 fully saturated rings. The normalized spacial score (nSPS) is 13.7. The van der Waals surface area contributed by atoms with E-state index in [1.165, 1.54) is 53.4 Å². The van der Waals surface area contributed by atoms with E-state index in [1.54, 1.807) is 54.6 Å². The lowest BCUT2D eigenvalue weighted by Gasteiger charge is -2.28. The summed E-state index contributed by atoms with van der Waals surface area (Å²) in [6.45, 7) is 3.06. The van der Waals surface area contributed by atoms with Crippen LogP contribution in [0.15, 0.2) is 124 Å². The first-order valence-corrected chi connectivity index (χ1v) is 22.3. The summed E-state index contributed by atoms with van der Waals surface area (Å²) in [6.07, 6.45) is -1.88. The number of aromatic hydroxyl groups is 1. The quantitative estimate of drug-likeness (QED) is 0.0549. The Kier molecular flexibility index (Phi) is 13.7. The van der Waals surface area contributed by atoms with Crippen molar-refractivity contribution in [2.24, 2.45) is 0 Å². The van der Waals surface area contributed by atoms with E-state index in [1.807, 2.05) is 18.9 Å². The Morgan fingerprint density at radius 2 is 1.64 bits per heavy atom. The standard InChI is InChI=1S/C52H47F3N6O8/c1-30-22-24-60(2)43-21-20-42(32-7-6-8-34(25-32)52(53,54)55)59-48(43)61(30)51(68)58-35-13-10-31(11-14-35)29-57-46(64)9-4-3-5-23-56-49(65)33-12-17-38(41(26-33)50(66)67)47-39-18-15-36(62)27-44(39)69-45-28-37(63)16-19-40(45)47/h6-8,10-21,25-28,30,62H,3-5,9,22-24,29H2,1-2H3,(H,56,65)(H,57,64)(H,58,68)(H,66,67)/t30-/m1/s1. The van der Waals surface area contributed by atoms with Crippen LogP contribution in [0.1, 0.15) is 70.9 Å². The predicted octanol–water partition coefficient (Wildman–Crippen LogP) is 9.92. The molecule has 1 atom stereocenters. The number of urea groups is 1. The van der Waals surface area contributed by atoms with E-state index in [2.05, 4.69) is 16.0 Å². The Morgan fingerprint density at radius 1 is 0.855 bits per heavy atom. The number of hydrogen-bond acceptors (Lipinski definition) is 9. The maximum absolute atomic E-state index is 13.9. The lowest BCUT2D eigenvalue weighted by Crippen LogP contribution is -2.42. The van der Waals surface area contributed by atoms with E-state index in [0.717, 1.165) is 17.7 Å². The molecule has 2 aliphatic heterocycles. The van der Waals surface area contributed by atoms with Crippen molar-refractivity contribution in [3.8, 4) is 39.5 Å². The first kappa shape index (κ1) is 47.3. The summed E-state index contributed by atoms with van der Waals surface area (Å²) in [7, 11) is 1.87. The predicted molar refractivity (Wildman–Crippen MR) is 256 cm³/mol. The molecule has 0 unspecified atom stereocenters. The highest BCUT2D eigenvalue weighted by molar-refractivity contribution is 6.09. The molecular formula is C52H47F3N6O8. The van der Waals surface area contributed by atoms with Gasteiger partial charge in [-0.05, 0) is 110 Å². The molecule has 1 aliphatic carbocycles. The highest BCUT2D eigenvalue weighted by atomic mass is 19.4. The third kappa shape index (κ3) is 10.7. The number of carboxylic acids is 1. The summed E-state index contributed by atoms with van der Waals surface area (Å²) in [5.74, 6) is -1.43. The molecule has 3 heterocycles. The van der Waals surface area contributed by atoms with Gasteiger partial charge in [0.05, 0.1) is 22.5 Å². The molecule has 5 aromatic rings. The Hall–Kier alpha value is -8.21. The number of aromatic nitrogens is 1. The Morgan fingerprint density at radius 3 is 2.41 bits per heavy atom. The van der Waals surface area contributed by atoms with Gasteiger partial charge in [0.2, 0.25) is 5.91 Å². The van der Waals surface area contributed by atoms with Crippen molar-refractivity contribution in [3.05, 3.63) is 148 Å². The number of unbranched alkanes of at least 4 members (excludes halogenated alkanes) is 2. The molecule has 8 rings (SSSR count). The number of anilines is 3. The number of carboxylic acid groups (broad SMARTS) is 1. The number of alkyl halides is 3. The molecule has 0 spiro atoms. The Labute approximate surface area is 393 Å². The van der Waals surface area contributed by atoms with Crippen LogP contribution in [0, 0.1) is 0 Å². The van der Waals surface area contributed by atoms with Gasteiger partial charge in [-0.3, -0.25) is 19.3 Å². The van der Waals surface area contributed by atoms with Gasteiger partial charge in [-0.1, -0.05) is 36.8 Å². The third-order valence-electron chi connectivity index (χ3n) is 12.0. The summed E-state index contributed by atoms with van der Waals surface area (Å²) in [5.41, 5.74) is 2.91. The van der Waals surface area contributed by atoms with Gasteiger partial charge in [-0.15, -0.1) is 0 Å². The molecule has 3 aliphatic rings. The molecule has 354 valence electrons. The first-order valence-electron chi connectivity index (χ1n) is 22.3. The number of amides is 4. The van der Waals surface area contributed by atoms with Crippen molar-refractivity contribution in [1.82, 2.24) is 15.6 Å². The number of halogens is 3. The maximum Gasteiger partial charge on any atom is 0.416 e. The van der Waals surface area contributed by atoms with Crippen LogP contribution in [0.25, 0.3) is 44.7 Å². The van der Waals surface area contributed by atoms with Crippen LogP contribution in [0.4, 0.5) is 35.2 Å². The van der Waals surface area contributed by atoms with Gasteiger partial charge in [0.15, 0.2) is 11.2 Å². The Bertz CT molecular complexity index is 3120. The number of benzene rings is 5. The minimum atomic E-state index is -4.52. The molecule has 0 saturated heterocycles. The molecule has 0 saturated carbocycles. The number of nitrogens with zero attached hydrogens (tertiary/aromatic N) is 3. The average Bonchev–Trinajstić information content (AvgIpc) is 3.45. The fraction of sp³-hybridized carbons (Fsp3) is 0.231. The number of nitrogens with one attached hydrogen (secondary N) is 3. The zero-order chi connectivity index (χ0) is 49.0. The van der Waals surface area contributed by atoms with Gasteiger partial charge in [0, 0.05) is 84.6 Å². The molecule has 5 N–H and O–H groups in total. The van der Waals surface area contributed by atoms with Crippen molar-refractivity contribution < 1.29 is 47.0 Å². The molecule has 0 bridgehead atoms. The lowest BCUT2D eigenvalue weighted by molar-refractivity contribution is -0.137. The fourth-order valence-electron chi connectivity index (χ4n) is 8.37. The number of carbonyl (C=O) groups is 4. The van der Waals surface area contributed by atoms with Gasteiger partial charge in [-0.2, -0.15) is 13.2 Å².